The zero-order valence-electron chi connectivity index (χ0n) is 11.1. The van der Waals surface area contributed by atoms with Crippen LogP contribution >= 0.6 is 11.3 Å². The van der Waals surface area contributed by atoms with Crippen molar-refractivity contribution in [2.75, 3.05) is 11.9 Å². The van der Waals surface area contributed by atoms with Gasteiger partial charge in [-0.05, 0) is 35.6 Å². The first-order valence-electron chi connectivity index (χ1n) is 6.70. The summed E-state index contributed by atoms with van der Waals surface area (Å²) in [5.74, 6) is 0.937. The minimum Gasteiger partial charge on any atom is -0.370 e. The van der Waals surface area contributed by atoms with Gasteiger partial charge in [0.25, 0.3) is 0 Å². The van der Waals surface area contributed by atoms with Crippen LogP contribution in [0.15, 0.2) is 66.0 Å². The second kappa shape index (κ2) is 6.35. The average molecular weight is 280 g/mol. The molecule has 0 saturated carbocycles. The molecule has 0 atom stereocenters. The van der Waals surface area contributed by atoms with E-state index in [0.29, 0.717) is 0 Å². The van der Waals surface area contributed by atoms with Gasteiger partial charge < -0.3 is 5.32 Å². The standard InChI is InChI=1S/C17H16N2S/c1-2-6-14(7-3-1)11-12-18-17-10-4-8-15(19-17)16-9-5-13-20-16/h1-10,13H,11-12H2,(H,18,19). The summed E-state index contributed by atoms with van der Waals surface area (Å²) in [5.41, 5.74) is 2.37. The Balaban J connectivity index is 1.62. The number of pyridine rings is 1. The maximum Gasteiger partial charge on any atom is 0.126 e. The molecule has 20 heavy (non-hydrogen) atoms. The molecule has 1 N–H and O–H groups in total. The van der Waals surface area contributed by atoms with Crippen molar-refractivity contribution in [1.82, 2.24) is 4.98 Å². The van der Waals surface area contributed by atoms with Crippen LogP contribution in [0, 0.1) is 0 Å². The smallest absolute Gasteiger partial charge is 0.126 e. The Kier molecular flexibility index (Phi) is 4.09. The molecule has 2 aromatic heterocycles. The fourth-order valence-corrected chi connectivity index (χ4v) is 2.77. The molecule has 0 bridgehead atoms. The van der Waals surface area contributed by atoms with E-state index in [2.05, 4.69) is 52.1 Å². The number of benzene rings is 1. The molecule has 3 aromatic rings. The van der Waals surface area contributed by atoms with Crippen LogP contribution in [0.25, 0.3) is 10.6 Å². The highest BCUT2D eigenvalue weighted by Gasteiger charge is 2.01. The Hall–Kier alpha value is -2.13. The van der Waals surface area contributed by atoms with Crippen molar-refractivity contribution < 1.29 is 0 Å². The van der Waals surface area contributed by atoms with Gasteiger partial charge in [-0.2, -0.15) is 0 Å². The van der Waals surface area contributed by atoms with Crippen LogP contribution in [0.5, 0.6) is 0 Å². The number of hydrogen-bond donors (Lipinski definition) is 1. The molecule has 0 fully saturated rings. The first-order chi connectivity index (χ1) is 9.92. The first kappa shape index (κ1) is 12.9. The molecule has 0 amide bonds. The van der Waals surface area contributed by atoms with E-state index in [-0.39, 0.29) is 0 Å². The summed E-state index contributed by atoms with van der Waals surface area (Å²) in [6.07, 6.45) is 1.01. The Morgan fingerprint density at radius 3 is 2.60 bits per heavy atom. The minimum atomic E-state index is 0.894. The van der Waals surface area contributed by atoms with Gasteiger partial charge in [-0.1, -0.05) is 42.5 Å². The van der Waals surface area contributed by atoms with E-state index in [1.54, 1.807) is 11.3 Å². The summed E-state index contributed by atoms with van der Waals surface area (Å²) in [7, 11) is 0. The summed E-state index contributed by atoms with van der Waals surface area (Å²) < 4.78 is 0. The van der Waals surface area contributed by atoms with Crippen molar-refractivity contribution in [2.45, 2.75) is 6.42 Å². The summed E-state index contributed by atoms with van der Waals surface area (Å²) in [6, 6.07) is 20.8. The van der Waals surface area contributed by atoms with Gasteiger partial charge in [0.05, 0.1) is 10.6 Å². The molecule has 0 spiro atoms. The quantitative estimate of drug-likeness (QED) is 0.746. The molecule has 0 aliphatic carbocycles. The number of rotatable bonds is 5. The van der Waals surface area contributed by atoms with E-state index in [9.17, 15) is 0 Å². The van der Waals surface area contributed by atoms with Crippen LogP contribution in [-0.2, 0) is 6.42 Å². The van der Waals surface area contributed by atoms with Crippen LogP contribution in [0.1, 0.15) is 5.56 Å². The minimum absolute atomic E-state index is 0.894. The fraction of sp³-hybridized carbons (Fsp3) is 0.118. The molecule has 3 heteroatoms. The van der Waals surface area contributed by atoms with E-state index >= 15 is 0 Å². The predicted octanol–water partition coefficient (Wildman–Crippen LogP) is 4.46. The van der Waals surface area contributed by atoms with E-state index in [1.165, 1.54) is 10.4 Å². The second-order valence-corrected chi connectivity index (χ2v) is 5.50. The lowest BCUT2D eigenvalue weighted by molar-refractivity contribution is 1.01. The number of anilines is 1. The first-order valence-corrected chi connectivity index (χ1v) is 7.58. The molecule has 100 valence electrons. The van der Waals surface area contributed by atoms with E-state index in [4.69, 9.17) is 0 Å². The van der Waals surface area contributed by atoms with Gasteiger partial charge in [-0.25, -0.2) is 4.98 Å². The van der Waals surface area contributed by atoms with Gasteiger partial charge in [0.1, 0.15) is 5.82 Å². The molecule has 0 aliphatic heterocycles. The largest absolute Gasteiger partial charge is 0.370 e. The molecular weight excluding hydrogens is 264 g/mol. The van der Waals surface area contributed by atoms with Gasteiger partial charge >= 0.3 is 0 Å². The zero-order chi connectivity index (χ0) is 13.6. The summed E-state index contributed by atoms with van der Waals surface area (Å²) in [5, 5.41) is 5.46. The lowest BCUT2D eigenvalue weighted by atomic mass is 10.1. The molecular formula is C17H16N2S. The summed E-state index contributed by atoms with van der Waals surface area (Å²) in [4.78, 5) is 5.85. The number of hydrogen-bond acceptors (Lipinski definition) is 3. The normalized spacial score (nSPS) is 10.4. The Labute approximate surface area is 123 Å². The zero-order valence-corrected chi connectivity index (χ0v) is 11.9. The molecule has 3 rings (SSSR count). The van der Waals surface area contributed by atoms with Crippen LogP contribution < -0.4 is 5.32 Å². The Bertz CT molecular complexity index is 648. The number of nitrogens with one attached hydrogen (secondary N) is 1. The van der Waals surface area contributed by atoms with Gasteiger partial charge in [0.2, 0.25) is 0 Å². The lowest BCUT2D eigenvalue weighted by Crippen LogP contribution is -2.06. The third-order valence-corrected chi connectivity index (χ3v) is 3.98. The molecule has 0 saturated heterocycles. The van der Waals surface area contributed by atoms with Crippen molar-refractivity contribution in [1.29, 1.82) is 0 Å². The van der Waals surface area contributed by atoms with Crippen molar-refractivity contribution in [3.8, 4) is 10.6 Å². The number of aromatic nitrogens is 1. The molecule has 1 aromatic carbocycles. The average Bonchev–Trinajstić information content (AvgIpc) is 3.03. The molecule has 0 unspecified atom stereocenters. The topological polar surface area (TPSA) is 24.9 Å². The lowest BCUT2D eigenvalue weighted by Gasteiger charge is -2.07. The van der Waals surface area contributed by atoms with E-state index in [0.717, 1.165) is 24.5 Å². The highest BCUT2D eigenvalue weighted by Crippen LogP contribution is 2.23. The maximum absolute atomic E-state index is 4.65. The Morgan fingerprint density at radius 1 is 0.900 bits per heavy atom. The predicted molar refractivity (Wildman–Crippen MR) is 86.2 cm³/mol. The number of nitrogens with zero attached hydrogens (tertiary/aromatic N) is 1. The van der Waals surface area contributed by atoms with Crippen LogP contribution in [0.4, 0.5) is 5.82 Å². The molecule has 2 heterocycles. The van der Waals surface area contributed by atoms with Crippen LogP contribution in [0.3, 0.4) is 0 Å². The SMILES string of the molecule is c1ccc(CCNc2cccc(-c3cccs3)n2)cc1. The van der Waals surface area contributed by atoms with E-state index < -0.39 is 0 Å². The monoisotopic (exact) mass is 280 g/mol. The van der Waals surface area contributed by atoms with Crippen molar-refractivity contribution in [2.24, 2.45) is 0 Å². The third-order valence-electron chi connectivity index (χ3n) is 3.09. The van der Waals surface area contributed by atoms with Gasteiger partial charge in [-0.3, -0.25) is 0 Å². The summed E-state index contributed by atoms with van der Waals surface area (Å²) in [6.45, 7) is 0.894. The highest BCUT2D eigenvalue weighted by molar-refractivity contribution is 7.13. The van der Waals surface area contributed by atoms with Crippen molar-refractivity contribution in [3.05, 3.63) is 71.6 Å². The van der Waals surface area contributed by atoms with Crippen LogP contribution in [0.2, 0.25) is 0 Å². The van der Waals surface area contributed by atoms with Gasteiger partial charge in [0, 0.05) is 6.54 Å². The molecule has 0 radical (unpaired) electrons. The summed E-state index contributed by atoms with van der Waals surface area (Å²) >= 11 is 1.72. The van der Waals surface area contributed by atoms with E-state index in [1.807, 2.05) is 24.3 Å². The van der Waals surface area contributed by atoms with Gasteiger partial charge in [0.15, 0.2) is 0 Å². The second-order valence-electron chi connectivity index (χ2n) is 4.55. The Morgan fingerprint density at radius 2 is 1.80 bits per heavy atom. The maximum atomic E-state index is 4.65. The molecule has 2 nitrogen and oxygen atoms in total. The fourth-order valence-electron chi connectivity index (χ4n) is 2.07. The van der Waals surface area contributed by atoms with Gasteiger partial charge in [-0.15, -0.1) is 11.3 Å². The third kappa shape index (κ3) is 3.25. The van der Waals surface area contributed by atoms with Crippen LogP contribution in [-0.4, -0.2) is 11.5 Å². The van der Waals surface area contributed by atoms with Crippen molar-refractivity contribution in [3.63, 3.8) is 0 Å². The number of thiophene rings is 1. The highest BCUT2D eigenvalue weighted by atomic mass is 32.1. The molecule has 0 aliphatic rings. The van der Waals surface area contributed by atoms with Crippen molar-refractivity contribution >= 4 is 17.2 Å².